The van der Waals surface area contributed by atoms with Crippen LogP contribution in [0.25, 0.3) is 22.2 Å². The van der Waals surface area contributed by atoms with Crippen LogP contribution in [0.15, 0.2) is 41.2 Å². The minimum absolute atomic E-state index is 0.131. The predicted molar refractivity (Wildman–Crippen MR) is 105 cm³/mol. The number of halogens is 1. The molecule has 1 saturated heterocycles. The Balaban J connectivity index is 1.65. The predicted octanol–water partition coefficient (Wildman–Crippen LogP) is 3.79. The molecule has 0 saturated carbocycles. The number of nitrogens with one attached hydrogen (secondary N) is 2. The smallest absolute Gasteiger partial charge is 0.323 e. The molecule has 0 bridgehead atoms. The zero-order valence-electron chi connectivity index (χ0n) is 14.9. The molecule has 4 rings (SSSR count). The molecule has 1 aliphatic heterocycles. The number of ether oxygens (including phenoxy) is 1. The molecule has 0 amide bonds. The van der Waals surface area contributed by atoms with E-state index in [1.807, 2.05) is 30.3 Å². The fourth-order valence-electron chi connectivity index (χ4n) is 3.62. The van der Waals surface area contributed by atoms with Crippen molar-refractivity contribution in [2.45, 2.75) is 26.0 Å². The van der Waals surface area contributed by atoms with E-state index in [4.69, 9.17) is 16.3 Å². The molecule has 0 atom stereocenters. The quantitative estimate of drug-likeness (QED) is 0.736. The van der Waals surface area contributed by atoms with E-state index < -0.39 is 0 Å². The Morgan fingerprint density at radius 1 is 1.19 bits per heavy atom. The third-order valence-corrected chi connectivity index (χ3v) is 5.25. The van der Waals surface area contributed by atoms with Crippen LogP contribution in [0.3, 0.4) is 0 Å². The van der Waals surface area contributed by atoms with Crippen LogP contribution < -0.4 is 5.69 Å². The Hall–Kier alpha value is -2.08. The molecule has 2 heterocycles. The summed E-state index contributed by atoms with van der Waals surface area (Å²) in [5.41, 5.74) is 4.30. The van der Waals surface area contributed by atoms with Gasteiger partial charge in [0.2, 0.25) is 0 Å². The van der Waals surface area contributed by atoms with Gasteiger partial charge >= 0.3 is 5.69 Å². The molecule has 0 spiro atoms. The first-order chi connectivity index (χ1) is 12.4. The van der Waals surface area contributed by atoms with Gasteiger partial charge in [-0.25, -0.2) is 4.79 Å². The SMILES string of the molecule is CC1(C)CN(Cc2cccc(-c3ccc4[nH]c(=O)[nH]c4c3)c2Cl)CCO1. The topological polar surface area (TPSA) is 61.1 Å². The van der Waals surface area contributed by atoms with Crippen LogP contribution in [-0.4, -0.2) is 40.2 Å². The number of rotatable bonds is 3. The number of morpholine rings is 1. The fourth-order valence-corrected chi connectivity index (χ4v) is 3.91. The Morgan fingerprint density at radius 2 is 2.00 bits per heavy atom. The molecule has 1 aromatic heterocycles. The van der Waals surface area contributed by atoms with Crippen LogP contribution in [-0.2, 0) is 11.3 Å². The summed E-state index contributed by atoms with van der Waals surface area (Å²) in [5.74, 6) is 0. The van der Waals surface area contributed by atoms with Crippen LogP contribution in [0.4, 0.5) is 0 Å². The van der Waals surface area contributed by atoms with Gasteiger partial charge in [0.05, 0.1) is 28.3 Å². The molecule has 5 nitrogen and oxygen atoms in total. The highest BCUT2D eigenvalue weighted by Crippen LogP contribution is 2.33. The van der Waals surface area contributed by atoms with Crippen molar-refractivity contribution in [2.24, 2.45) is 0 Å². The van der Waals surface area contributed by atoms with Gasteiger partial charge in [0.25, 0.3) is 0 Å². The first-order valence-corrected chi connectivity index (χ1v) is 9.15. The van der Waals surface area contributed by atoms with Crippen molar-refractivity contribution >= 4 is 22.6 Å². The van der Waals surface area contributed by atoms with Crippen LogP contribution in [0.5, 0.6) is 0 Å². The lowest BCUT2D eigenvalue weighted by molar-refractivity contribution is -0.0882. The van der Waals surface area contributed by atoms with Crippen molar-refractivity contribution in [2.75, 3.05) is 19.7 Å². The highest BCUT2D eigenvalue weighted by atomic mass is 35.5. The van der Waals surface area contributed by atoms with Crippen molar-refractivity contribution in [3.63, 3.8) is 0 Å². The maximum absolute atomic E-state index is 11.5. The number of benzene rings is 2. The van der Waals surface area contributed by atoms with E-state index >= 15 is 0 Å². The number of hydrogen-bond acceptors (Lipinski definition) is 3. The van der Waals surface area contributed by atoms with E-state index in [1.165, 1.54) is 0 Å². The molecular weight excluding hydrogens is 350 g/mol. The molecule has 2 N–H and O–H groups in total. The van der Waals surface area contributed by atoms with Gasteiger partial charge in [-0.1, -0.05) is 35.9 Å². The lowest BCUT2D eigenvalue weighted by atomic mass is 10.0. The number of fused-ring (bicyclic) bond motifs is 1. The summed E-state index contributed by atoms with van der Waals surface area (Å²) >= 11 is 6.75. The molecule has 0 aliphatic carbocycles. The lowest BCUT2D eigenvalue weighted by Crippen LogP contribution is -2.47. The summed E-state index contributed by atoms with van der Waals surface area (Å²) in [6, 6.07) is 12.0. The third kappa shape index (κ3) is 3.43. The summed E-state index contributed by atoms with van der Waals surface area (Å²) < 4.78 is 5.79. The van der Waals surface area contributed by atoms with Crippen LogP contribution in [0.2, 0.25) is 5.02 Å². The van der Waals surface area contributed by atoms with E-state index in [9.17, 15) is 4.79 Å². The van der Waals surface area contributed by atoms with E-state index in [0.29, 0.717) is 0 Å². The molecule has 136 valence electrons. The number of nitrogens with zero attached hydrogens (tertiary/aromatic N) is 1. The van der Waals surface area contributed by atoms with Crippen molar-refractivity contribution < 1.29 is 4.74 Å². The van der Waals surface area contributed by atoms with Gasteiger partial charge in [-0.15, -0.1) is 0 Å². The molecule has 0 unspecified atom stereocenters. The number of aromatic amines is 2. The molecule has 0 radical (unpaired) electrons. The summed E-state index contributed by atoms with van der Waals surface area (Å²) in [6.45, 7) is 7.54. The van der Waals surface area contributed by atoms with Gasteiger partial charge in [0.15, 0.2) is 0 Å². The third-order valence-electron chi connectivity index (χ3n) is 4.80. The second kappa shape index (κ2) is 6.58. The Kier molecular flexibility index (Phi) is 4.39. The molecule has 1 aliphatic rings. The van der Waals surface area contributed by atoms with Gasteiger partial charge in [-0.2, -0.15) is 0 Å². The second-order valence-corrected chi connectivity index (χ2v) is 7.81. The normalized spacial score (nSPS) is 17.7. The van der Waals surface area contributed by atoms with Gasteiger partial charge in [0, 0.05) is 25.2 Å². The number of imidazole rings is 1. The maximum Gasteiger partial charge on any atom is 0.323 e. The summed E-state index contributed by atoms with van der Waals surface area (Å²) in [4.78, 5) is 19.4. The van der Waals surface area contributed by atoms with Gasteiger partial charge in [-0.05, 0) is 37.1 Å². The van der Waals surface area contributed by atoms with Crippen molar-refractivity contribution in [1.82, 2.24) is 14.9 Å². The maximum atomic E-state index is 11.5. The minimum Gasteiger partial charge on any atom is -0.373 e. The van der Waals surface area contributed by atoms with Gasteiger partial charge < -0.3 is 14.7 Å². The van der Waals surface area contributed by atoms with Crippen LogP contribution in [0, 0.1) is 0 Å². The van der Waals surface area contributed by atoms with Crippen molar-refractivity contribution in [3.05, 3.63) is 57.5 Å². The lowest BCUT2D eigenvalue weighted by Gasteiger charge is -2.38. The first kappa shape index (κ1) is 17.3. The summed E-state index contributed by atoms with van der Waals surface area (Å²) in [5, 5.41) is 0.758. The second-order valence-electron chi connectivity index (χ2n) is 7.44. The van der Waals surface area contributed by atoms with Crippen molar-refractivity contribution in [3.8, 4) is 11.1 Å². The Bertz CT molecular complexity index is 1010. The van der Waals surface area contributed by atoms with Crippen LogP contribution >= 0.6 is 11.6 Å². The van der Waals surface area contributed by atoms with Crippen LogP contribution in [0.1, 0.15) is 19.4 Å². The zero-order valence-corrected chi connectivity index (χ0v) is 15.7. The molecule has 1 fully saturated rings. The standard InChI is InChI=1S/C20H22ClN3O2/c1-20(2)12-24(8-9-26-20)11-14-4-3-5-15(18(14)21)13-6-7-16-17(10-13)23-19(25)22-16/h3-7,10H,8-9,11-12H2,1-2H3,(H2,22,23,25). The number of aromatic nitrogens is 2. The highest BCUT2D eigenvalue weighted by Gasteiger charge is 2.27. The highest BCUT2D eigenvalue weighted by molar-refractivity contribution is 6.34. The van der Waals surface area contributed by atoms with E-state index in [0.717, 1.165) is 59.0 Å². The fraction of sp³-hybridized carbons (Fsp3) is 0.350. The average Bonchev–Trinajstić information content (AvgIpc) is 2.95. The van der Waals surface area contributed by atoms with Gasteiger partial charge in [-0.3, -0.25) is 4.90 Å². The van der Waals surface area contributed by atoms with Gasteiger partial charge in [0.1, 0.15) is 0 Å². The van der Waals surface area contributed by atoms with E-state index in [1.54, 1.807) is 0 Å². The monoisotopic (exact) mass is 371 g/mol. The number of hydrogen-bond donors (Lipinski definition) is 2. The minimum atomic E-state index is -0.202. The molecule has 2 aromatic carbocycles. The Morgan fingerprint density at radius 3 is 2.81 bits per heavy atom. The summed E-state index contributed by atoms with van der Waals surface area (Å²) in [6.07, 6.45) is 0. The average molecular weight is 372 g/mol. The van der Waals surface area contributed by atoms with Crippen molar-refractivity contribution in [1.29, 1.82) is 0 Å². The van der Waals surface area contributed by atoms with E-state index in [-0.39, 0.29) is 11.3 Å². The first-order valence-electron chi connectivity index (χ1n) is 8.77. The van der Waals surface area contributed by atoms with E-state index in [2.05, 4.69) is 34.8 Å². The largest absolute Gasteiger partial charge is 0.373 e. The molecule has 26 heavy (non-hydrogen) atoms. The molecule has 6 heteroatoms. The zero-order chi connectivity index (χ0) is 18.3. The molecule has 3 aromatic rings. The summed E-state index contributed by atoms with van der Waals surface area (Å²) in [7, 11) is 0. The number of H-pyrrole nitrogens is 2. The molecular formula is C20H22ClN3O2. The Labute approximate surface area is 156 Å².